The van der Waals surface area contributed by atoms with Crippen molar-refractivity contribution in [2.75, 3.05) is 0 Å². The molecule has 0 bridgehead atoms. The smallest absolute Gasteiger partial charge is 0.408 e. The number of ether oxygens (including phenoxy) is 1. The number of aliphatic hydroxyl groups is 1. The zero-order valence-electron chi connectivity index (χ0n) is 9.63. The van der Waals surface area contributed by atoms with Crippen LogP contribution < -0.4 is 5.32 Å². The Balaban J connectivity index is 4.62. The molecule has 0 aromatic heterocycles. The molecule has 98 valence electrons. The van der Waals surface area contributed by atoms with Crippen LogP contribution in [-0.2, 0) is 14.3 Å². The highest BCUT2D eigenvalue weighted by atomic mass is 16.6. The molecule has 8 heteroatoms. The number of alkyl carbamates (subject to hydrolysis) is 1. The third kappa shape index (κ3) is 5.71. The summed E-state index contributed by atoms with van der Waals surface area (Å²) in [6.45, 7) is 4.65. The molecule has 0 unspecified atom stereocenters. The number of hydrogen-bond acceptors (Lipinski definition) is 5. The van der Waals surface area contributed by atoms with Gasteiger partial charge in [0.1, 0.15) is 5.60 Å². The summed E-state index contributed by atoms with van der Waals surface area (Å²) in [5.74, 6) is -3.43. The second-order valence-electron chi connectivity index (χ2n) is 4.25. The number of nitrogens with one attached hydrogen (secondary N) is 1. The average Bonchev–Trinajstić information content (AvgIpc) is 2.09. The second-order valence-corrected chi connectivity index (χ2v) is 4.25. The molecule has 2 atom stereocenters. The first-order valence-corrected chi connectivity index (χ1v) is 4.68. The highest BCUT2D eigenvalue weighted by Crippen LogP contribution is 2.07. The summed E-state index contributed by atoms with van der Waals surface area (Å²) in [4.78, 5) is 32.3. The molecule has 0 heterocycles. The van der Waals surface area contributed by atoms with Crippen LogP contribution >= 0.6 is 0 Å². The van der Waals surface area contributed by atoms with Gasteiger partial charge in [-0.3, -0.25) is 0 Å². The van der Waals surface area contributed by atoms with Gasteiger partial charge in [-0.15, -0.1) is 0 Å². The number of carboxylic acids is 2. The molecule has 8 nitrogen and oxygen atoms in total. The van der Waals surface area contributed by atoms with Crippen LogP contribution in [0.4, 0.5) is 4.79 Å². The maximum atomic E-state index is 11.2. The summed E-state index contributed by atoms with van der Waals surface area (Å²) in [6, 6.07) is -1.97. The lowest BCUT2D eigenvalue weighted by molar-refractivity contribution is -0.156. The molecular formula is C9H15NO7. The number of hydrogen-bond donors (Lipinski definition) is 4. The van der Waals surface area contributed by atoms with Crippen LogP contribution in [0.25, 0.3) is 0 Å². The summed E-state index contributed by atoms with van der Waals surface area (Å²) in [5, 5.41) is 27.9. The van der Waals surface area contributed by atoms with Crippen molar-refractivity contribution in [3.8, 4) is 0 Å². The van der Waals surface area contributed by atoms with Gasteiger partial charge in [-0.25, -0.2) is 14.4 Å². The van der Waals surface area contributed by atoms with Gasteiger partial charge in [0.25, 0.3) is 0 Å². The second kappa shape index (κ2) is 5.48. The molecule has 0 spiro atoms. The Bertz CT molecular complexity index is 320. The summed E-state index contributed by atoms with van der Waals surface area (Å²) in [7, 11) is 0. The Hall–Kier alpha value is -1.83. The molecule has 0 aromatic rings. The van der Waals surface area contributed by atoms with Gasteiger partial charge in [-0.1, -0.05) is 0 Å². The summed E-state index contributed by atoms with van der Waals surface area (Å²) in [6.07, 6.45) is -3.37. The lowest BCUT2D eigenvalue weighted by atomic mass is 10.1. The van der Waals surface area contributed by atoms with Gasteiger partial charge in [-0.05, 0) is 20.8 Å². The SMILES string of the molecule is CC(C)(C)OC(=O)N[C@H](C(=O)O)[C@H](O)C(=O)O. The standard InChI is InChI=1S/C9H15NO7/c1-9(2,3)17-8(16)10-4(6(12)13)5(11)7(14)15/h4-5,11H,1-3H3,(H,10,16)(H,12,13)(H,14,15)/t4-,5-/m0/s1. The molecule has 4 N–H and O–H groups in total. The van der Waals surface area contributed by atoms with Gasteiger partial charge in [0.15, 0.2) is 12.1 Å². The van der Waals surface area contributed by atoms with E-state index in [1.165, 1.54) is 0 Å². The van der Waals surface area contributed by atoms with E-state index in [0.717, 1.165) is 0 Å². The third-order valence-corrected chi connectivity index (χ3v) is 1.51. The average molecular weight is 249 g/mol. The first-order chi connectivity index (χ1) is 7.54. The van der Waals surface area contributed by atoms with E-state index in [-0.39, 0.29) is 0 Å². The maximum Gasteiger partial charge on any atom is 0.408 e. The first-order valence-electron chi connectivity index (χ1n) is 4.68. The lowest BCUT2D eigenvalue weighted by Gasteiger charge is -2.22. The van der Waals surface area contributed by atoms with Gasteiger partial charge in [-0.2, -0.15) is 0 Å². The number of amides is 1. The zero-order valence-corrected chi connectivity index (χ0v) is 9.63. The van der Waals surface area contributed by atoms with Crippen molar-refractivity contribution in [3.63, 3.8) is 0 Å². The van der Waals surface area contributed by atoms with E-state index in [0.29, 0.717) is 0 Å². The summed E-state index contributed by atoms with van der Waals surface area (Å²) >= 11 is 0. The molecule has 0 aliphatic carbocycles. The molecule has 1 amide bonds. The van der Waals surface area contributed by atoms with Crippen LogP contribution in [-0.4, -0.2) is 51.1 Å². The van der Waals surface area contributed by atoms with Crippen LogP contribution in [0.3, 0.4) is 0 Å². The quantitative estimate of drug-likeness (QED) is 0.523. The third-order valence-electron chi connectivity index (χ3n) is 1.51. The predicted octanol–water partition coefficient (Wildman–Crippen LogP) is -0.590. The molecule has 0 saturated carbocycles. The van der Waals surface area contributed by atoms with E-state index in [4.69, 9.17) is 20.1 Å². The fourth-order valence-corrected chi connectivity index (χ4v) is 0.853. The number of carbonyl (C=O) groups excluding carboxylic acids is 1. The van der Waals surface area contributed by atoms with E-state index in [9.17, 15) is 14.4 Å². The predicted molar refractivity (Wildman–Crippen MR) is 54.4 cm³/mol. The van der Waals surface area contributed by atoms with E-state index < -0.39 is 35.8 Å². The van der Waals surface area contributed by atoms with Crippen LogP contribution in [0.5, 0.6) is 0 Å². The number of carbonyl (C=O) groups is 3. The fourth-order valence-electron chi connectivity index (χ4n) is 0.853. The fraction of sp³-hybridized carbons (Fsp3) is 0.667. The zero-order chi connectivity index (χ0) is 13.8. The van der Waals surface area contributed by atoms with Crippen LogP contribution in [0.15, 0.2) is 0 Å². The highest BCUT2D eigenvalue weighted by Gasteiger charge is 2.34. The maximum absolute atomic E-state index is 11.2. The van der Waals surface area contributed by atoms with Crippen molar-refractivity contribution in [2.24, 2.45) is 0 Å². The van der Waals surface area contributed by atoms with E-state index in [2.05, 4.69) is 0 Å². The van der Waals surface area contributed by atoms with Crippen molar-refractivity contribution < 1.29 is 34.4 Å². The summed E-state index contributed by atoms with van der Waals surface area (Å²) in [5.41, 5.74) is -0.860. The van der Waals surface area contributed by atoms with Crippen molar-refractivity contribution in [3.05, 3.63) is 0 Å². The van der Waals surface area contributed by atoms with E-state index in [1.807, 2.05) is 0 Å². The minimum atomic E-state index is -2.25. The largest absolute Gasteiger partial charge is 0.480 e. The Morgan fingerprint density at radius 2 is 1.59 bits per heavy atom. The van der Waals surface area contributed by atoms with Gasteiger partial charge in [0.2, 0.25) is 0 Å². The van der Waals surface area contributed by atoms with Crippen LogP contribution in [0, 0.1) is 0 Å². The molecule has 0 radical (unpaired) electrons. The molecule has 0 saturated heterocycles. The van der Waals surface area contributed by atoms with Gasteiger partial charge in [0, 0.05) is 0 Å². The monoisotopic (exact) mass is 249 g/mol. The Labute approximate surface area is 97.2 Å². The molecule has 17 heavy (non-hydrogen) atoms. The topological polar surface area (TPSA) is 133 Å². The normalized spacial score (nSPS) is 14.6. The van der Waals surface area contributed by atoms with E-state index in [1.54, 1.807) is 26.1 Å². The minimum absolute atomic E-state index is 0.860. The van der Waals surface area contributed by atoms with Crippen molar-refractivity contribution >= 4 is 18.0 Å². The van der Waals surface area contributed by atoms with Crippen molar-refractivity contribution in [1.29, 1.82) is 0 Å². The number of rotatable bonds is 4. The Morgan fingerprint density at radius 1 is 1.12 bits per heavy atom. The molecule has 0 rings (SSSR count). The molecular weight excluding hydrogens is 234 g/mol. The van der Waals surface area contributed by atoms with Gasteiger partial charge < -0.3 is 25.4 Å². The highest BCUT2D eigenvalue weighted by molar-refractivity contribution is 5.87. The van der Waals surface area contributed by atoms with Crippen LogP contribution in [0.1, 0.15) is 20.8 Å². The number of carboxylic acid groups (broad SMARTS) is 2. The van der Waals surface area contributed by atoms with E-state index >= 15 is 0 Å². The van der Waals surface area contributed by atoms with Crippen molar-refractivity contribution in [2.45, 2.75) is 38.5 Å². The van der Waals surface area contributed by atoms with Gasteiger partial charge >= 0.3 is 18.0 Å². The first kappa shape index (κ1) is 15.2. The Kier molecular flexibility index (Phi) is 4.89. The Morgan fingerprint density at radius 3 is 1.88 bits per heavy atom. The van der Waals surface area contributed by atoms with Gasteiger partial charge in [0.05, 0.1) is 0 Å². The van der Waals surface area contributed by atoms with Crippen molar-refractivity contribution in [1.82, 2.24) is 5.32 Å². The minimum Gasteiger partial charge on any atom is -0.480 e. The molecule has 0 fully saturated rings. The lowest BCUT2D eigenvalue weighted by Crippen LogP contribution is -2.52. The molecule has 0 aliphatic heterocycles. The number of aliphatic hydroxyl groups excluding tert-OH is 1. The molecule has 0 aromatic carbocycles. The molecule has 0 aliphatic rings. The summed E-state index contributed by atoms with van der Waals surface area (Å²) < 4.78 is 4.73. The number of aliphatic carboxylic acids is 2. The van der Waals surface area contributed by atoms with Crippen LogP contribution in [0.2, 0.25) is 0 Å².